The Morgan fingerprint density at radius 1 is 0.964 bits per heavy atom. The van der Waals surface area contributed by atoms with Crippen LogP contribution in [0.1, 0.15) is 27.4 Å². The summed E-state index contributed by atoms with van der Waals surface area (Å²) in [7, 11) is 1.36. The summed E-state index contributed by atoms with van der Waals surface area (Å²) in [6, 6.07) is 21.5. The molecule has 3 aromatic rings. The molecule has 0 aromatic heterocycles. The lowest BCUT2D eigenvalue weighted by Gasteiger charge is -2.19. The van der Waals surface area contributed by atoms with Gasteiger partial charge in [-0.05, 0) is 17.2 Å². The molecule has 0 saturated heterocycles. The zero-order valence-electron chi connectivity index (χ0n) is 15.1. The van der Waals surface area contributed by atoms with Gasteiger partial charge >= 0.3 is 5.97 Å². The van der Waals surface area contributed by atoms with Crippen LogP contribution < -0.4 is 10.1 Å². The van der Waals surface area contributed by atoms with E-state index in [1.165, 1.54) is 19.2 Å². The van der Waals surface area contributed by atoms with Crippen LogP contribution in [0.15, 0.2) is 72.8 Å². The fourth-order valence-corrected chi connectivity index (χ4v) is 3.19. The van der Waals surface area contributed by atoms with Crippen LogP contribution in [0.3, 0.4) is 0 Å². The highest BCUT2D eigenvalue weighted by molar-refractivity contribution is 6.34. The monoisotopic (exact) mass is 395 g/mol. The molecule has 142 valence electrons. The number of carbonyl (C=O) groups excluding carboxylic acids is 1. The van der Waals surface area contributed by atoms with Gasteiger partial charge in [-0.15, -0.1) is 0 Å². The molecule has 0 aliphatic rings. The quantitative estimate of drug-likeness (QED) is 0.627. The molecule has 0 bridgehead atoms. The molecular formula is C22H18ClNO4. The van der Waals surface area contributed by atoms with Crippen molar-refractivity contribution < 1.29 is 19.4 Å². The number of rotatable bonds is 6. The number of ether oxygens (including phenoxy) is 1. The molecule has 0 spiro atoms. The van der Waals surface area contributed by atoms with E-state index in [0.717, 1.165) is 11.1 Å². The molecule has 0 aliphatic heterocycles. The molecule has 0 aliphatic carbocycles. The van der Waals surface area contributed by atoms with Gasteiger partial charge in [0.2, 0.25) is 5.91 Å². The summed E-state index contributed by atoms with van der Waals surface area (Å²) in [4.78, 5) is 24.5. The Labute approximate surface area is 167 Å². The number of amides is 1. The van der Waals surface area contributed by atoms with Crippen LogP contribution in [0, 0.1) is 0 Å². The first-order chi connectivity index (χ1) is 13.5. The van der Waals surface area contributed by atoms with Gasteiger partial charge in [-0.1, -0.05) is 72.3 Å². The van der Waals surface area contributed by atoms with Gasteiger partial charge in [0.1, 0.15) is 11.3 Å². The number of carboxylic acid groups (broad SMARTS) is 1. The standard InChI is InChI=1S/C22H18ClNO4/c1-28-19-13-18(17(23)12-16(19)22(26)27)24-21(25)20(14-8-4-2-5-9-14)15-10-6-3-7-11-15/h2-13,20H,1H3,(H,24,25)(H,26,27). The molecule has 5 nitrogen and oxygen atoms in total. The molecule has 0 radical (unpaired) electrons. The van der Waals surface area contributed by atoms with Crippen molar-refractivity contribution >= 4 is 29.2 Å². The van der Waals surface area contributed by atoms with Crippen LogP contribution in [-0.2, 0) is 4.79 Å². The van der Waals surface area contributed by atoms with E-state index in [1.54, 1.807) is 0 Å². The van der Waals surface area contributed by atoms with E-state index in [9.17, 15) is 14.7 Å². The molecule has 3 aromatic carbocycles. The van der Waals surface area contributed by atoms with E-state index in [4.69, 9.17) is 16.3 Å². The van der Waals surface area contributed by atoms with Crippen molar-refractivity contribution in [2.75, 3.05) is 12.4 Å². The van der Waals surface area contributed by atoms with Gasteiger partial charge in [-0.25, -0.2) is 4.79 Å². The number of benzene rings is 3. The summed E-state index contributed by atoms with van der Waals surface area (Å²) in [5.41, 5.74) is 1.87. The lowest BCUT2D eigenvalue weighted by atomic mass is 9.90. The molecular weight excluding hydrogens is 378 g/mol. The first-order valence-corrected chi connectivity index (χ1v) is 8.90. The smallest absolute Gasteiger partial charge is 0.339 e. The minimum absolute atomic E-state index is 0.0758. The molecule has 1 amide bonds. The topological polar surface area (TPSA) is 75.6 Å². The fourth-order valence-electron chi connectivity index (χ4n) is 2.98. The van der Waals surface area contributed by atoms with E-state index in [0.29, 0.717) is 0 Å². The van der Waals surface area contributed by atoms with Crippen molar-refractivity contribution in [1.29, 1.82) is 0 Å². The van der Waals surface area contributed by atoms with E-state index >= 15 is 0 Å². The average molecular weight is 396 g/mol. The second-order valence-corrected chi connectivity index (χ2v) is 6.49. The molecule has 0 saturated carbocycles. The van der Waals surface area contributed by atoms with E-state index in [2.05, 4.69) is 5.32 Å². The second kappa shape index (κ2) is 8.59. The van der Waals surface area contributed by atoms with Crippen LogP contribution in [-0.4, -0.2) is 24.1 Å². The number of carboxylic acids is 1. The molecule has 28 heavy (non-hydrogen) atoms. The summed E-state index contributed by atoms with van der Waals surface area (Å²) in [5, 5.41) is 12.2. The first kappa shape index (κ1) is 19.5. The molecule has 0 unspecified atom stereocenters. The lowest BCUT2D eigenvalue weighted by Crippen LogP contribution is -2.22. The maximum atomic E-state index is 13.2. The highest BCUT2D eigenvalue weighted by Gasteiger charge is 2.24. The predicted molar refractivity (Wildman–Crippen MR) is 108 cm³/mol. The zero-order chi connectivity index (χ0) is 20.1. The minimum atomic E-state index is -1.16. The van der Waals surface area contributed by atoms with Crippen molar-refractivity contribution in [3.63, 3.8) is 0 Å². The number of nitrogens with one attached hydrogen (secondary N) is 1. The largest absolute Gasteiger partial charge is 0.496 e. The molecule has 0 atom stereocenters. The van der Waals surface area contributed by atoms with Crippen molar-refractivity contribution in [3.8, 4) is 5.75 Å². The van der Waals surface area contributed by atoms with Crippen LogP contribution in [0.4, 0.5) is 5.69 Å². The SMILES string of the molecule is COc1cc(NC(=O)C(c2ccccc2)c2ccccc2)c(Cl)cc1C(=O)O. The minimum Gasteiger partial charge on any atom is -0.496 e. The molecule has 0 fully saturated rings. The van der Waals surface area contributed by atoms with Crippen molar-refractivity contribution in [3.05, 3.63) is 94.5 Å². The van der Waals surface area contributed by atoms with Crippen LogP contribution in [0.2, 0.25) is 5.02 Å². The highest BCUT2D eigenvalue weighted by Crippen LogP contribution is 2.33. The Balaban J connectivity index is 1.98. The van der Waals surface area contributed by atoms with Gasteiger partial charge in [0.15, 0.2) is 0 Å². The van der Waals surface area contributed by atoms with Crippen LogP contribution in [0.5, 0.6) is 5.75 Å². The number of anilines is 1. The Morgan fingerprint density at radius 2 is 1.50 bits per heavy atom. The normalized spacial score (nSPS) is 10.5. The van der Waals surface area contributed by atoms with E-state index in [-0.39, 0.29) is 27.9 Å². The van der Waals surface area contributed by atoms with Crippen molar-refractivity contribution in [1.82, 2.24) is 0 Å². The maximum absolute atomic E-state index is 13.2. The van der Waals surface area contributed by atoms with Gasteiger partial charge < -0.3 is 15.2 Å². The zero-order valence-corrected chi connectivity index (χ0v) is 15.8. The molecule has 3 rings (SSSR count). The summed E-state index contributed by atoms with van der Waals surface area (Å²) < 4.78 is 5.12. The van der Waals surface area contributed by atoms with E-state index < -0.39 is 11.9 Å². The molecule has 2 N–H and O–H groups in total. The van der Waals surface area contributed by atoms with Gasteiger partial charge in [-0.3, -0.25) is 4.79 Å². The van der Waals surface area contributed by atoms with Gasteiger partial charge in [0.25, 0.3) is 0 Å². The summed E-state index contributed by atoms with van der Waals surface area (Å²) in [6.07, 6.45) is 0. The Hall–Kier alpha value is -3.31. The number of halogens is 1. The fraction of sp³-hybridized carbons (Fsp3) is 0.0909. The van der Waals surface area contributed by atoms with Gasteiger partial charge in [-0.2, -0.15) is 0 Å². The lowest BCUT2D eigenvalue weighted by molar-refractivity contribution is -0.116. The maximum Gasteiger partial charge on any atom is 0.339 e. The Kier molecular flexibility index (Phi) is 5.96. The van der Waals surface area contributed by atoms with Crippen molar-refractivity contribution in [2.45, 2.75) is 5.92 Å². The predicted octanol–water partition coefficient (Wildman–Crippen LogP) is 4.82. The molecule has 6 heteroatoms. The van der Waals surface area contributed by atoms with Crippen molar-refractivity contribution in [2.24, 2.45) is 0 Å². The Bertz CT molecular complexity index is 951. The third-order valence-electron chi connectivity index (χ3n) is 4.31. The number of hydrogen-bond acceptors (Lipinski definition) is 3. The molecule has 0 heterocycles. The van der Waals surface area contributed by atoms with Crippen LogP contribution in [0.25, 0.3) is 0 Å². The average Bonchev–Trinajstić information content (AvgIpc) is 2.71. The Morgan fingerprint density at radius 3 is 1.96 bits per heavy atom. The third-order valence-corrected chi connectivity index (χ3v) is 4.62. The van der Waals surface area contributed by atoms with Crippen LogP contribution >= 0.6 is 11.6 Å². The third kappa shape index (κ3) is 4.15. The van der Waals surface area contributed by atoms with Gasteiger partial charge in [0, 0.05) is 6.07 Å². The number of aromatic carboxylic acids is 1. The second-order valence-electron chi connectivity index (χ2n) is 6.08. The highest BCUT2D eigenvalue weighted by atomic mass is 35.5. The number of carbonyl (C=O) groups is 2. The van der Waals surface area contributed by atoms with Gasteiger partial charge in [0.05, 0.1) is 23.7 Å². The number of methoxy groups -OCH3 is 1. The van der Waals surface area contributed by atoms with E-state index in [1.807, 2.05) is 60.7 Å². The summed E-state index contributed by atoms with van der Waals surface area (Å²) in [6.45, 7) is 0. The first-order valence-electron chi connectivity index (χ1n) is 8.53. The summed E-state index contributed by atoms with van der Waals surface area (Å²) in [5.74, 6) is -1.89. The number of hydrogen-bond donors (Lipinski definition) is 2. The summed E-state index contributed by atoms with van der Waals surface area (Å²) >= 11 is 6.21.